The molecule has 1 atom stereocenters. The SMILES string of the molecule is CCOC(=O)[C@H](Cc1ccncc1)NC(=O)c1cc(C)sn1. The molecule has 1 amide bonds. The number of esters is 1. The molecule has 1 N–H and O–H groups in total. The van der Waals surface area contributed by atoms with E-state index in [2.05, 4.69) is 14.7 Å². The average Bonchev–Trinajstić information content (AvgIpc) is 2.94. The van der Waals surface area contributed by atoms with Crippen LogP contribution in [0.4, 0.5) is 0 Å². The number of rotatable bonds is 6. The normalized spacial score (nSPS) is 11.7. The molecule has 0 radical (unpaired) electrons. The van der Waals surface area contributed by atoms with Crippen LogP contribution in [-0.2, 0) is 16.0 Å². The van der Waals surface area contributed by atoms with Crippen LogP contribution >= 0.6 is 11.5 Å². The molecule has 7 heteroatoms. The molecule has 0 saturated carbocycles. The second-order valence-corrected chi connectivity index (χ2v) is 5.67. The van der Waals surface area contributed by atoms with E-state index in [0.29, 0.717) is 12.1 Å². The number of ether oxygens (including phenoxy) is 1. The van der Waals surface area contributed by atoms with E-state index in [1.807, 2.05) is 6.92 Å². The van der Waals surface area contributed by atoms with Gasteiger partial charge in [0.05, 0.1) is 6.61 Å². The van der Waals surface area contributed by atoms with Gasteiger partial charge in [0.15, 0.2) is 0 Å². The summed E-state index contributed by atoms with van der Waals surface area (Å²) in [6.45, 7) is 3.86. The maximum Gasteiger partial charge on any atom is 0.328 e. The number of nitrogens with one attached hydrogen (secondary N) is 1. The summed E-state index contributed by atoms with van der Waals surface area (Å²) < 4.78 is 9.08. The van der Waals surface area contributed by atoms with Crippen LogP contribution in [0.5, 0.6) is 0 Å². The lowest BCUT2D eigenvalue weighted by molar-refractivity contribution is -0.145. The molecule has 2 aromatic rings. The Kier molecular flexibility index (Phi) is 5.60. The Morgan fingerprint density at radius 1 is 1.36 bits per heavy atom. The van der Waals surface area contributed by atoms with Gasteiger partial charge in [0.1, 0.15) is 11.7 Å². The largest absolute Gasteiger partial charge is 0.464 e. The lowest BCUT2D eigenvalue weighted by Crippen LogP contribution is -2.43. The molecule has 2 heterocycles. The number of carbonyl (C=O) groups is 2. The minimum atomic E-state index is -0.753. The molecule has 0 spiro atoms. The van der Waals surface area contributed by atoms with Gasteiger partial charge >= 0.3 is 5.97 Å². The van der Waals surface area contributed by atoms with E-state index in [0.717, 1.165) is 10.4 Å². The predicted molar refractivity (Wildman–Crippen MR) is 82.7 cm³/mol. The first-order valence-corrected chi connectivity index (χ1v) is 7.67. The van der Waals surface area contributed by atoms with E-state index in [9.17, 15) is 9.59 Å². The zero-order valence-corrected chi connectivity index (χ0v) is 13.2. The molecule has 116 valence electrons. The van der Waals surface area contributed by atoms with Gasteiger partial charge in [-0.2, -0.15) is 4.37 Å². The molecule has 0 saturated heterocycles. The Labute approximate surface area is 132 Å². The fourth-order valence-corrected chi connectivity index (χ4v) is 2.44. The van der Waals surface area contributed by atoms with E-state index in [-0.39, 0.29) is 12.5 Å². The van der Waals surface area contributed by atoms with Crippen molar-refractivity contribution >= 4 is 23.4 Å². The van der Waals surface area contributed by atoms with Crippen molar-refractivity contribution in [3.05, 3.63) is 46.7 Å². The number of aromatic nitrogens is 2. The van der Waals surface area contributed by atoms with Gasteiger partial charge in [-0.3, -0.25) is 9.78 Å². The second-order valence-electron chi connectivity index (χ2n) is 4.66. The highest BCUT2D eigenvalue weighted by atomic mass is 32.1. The monoisotopic (exact) mass is 319 g/mol. The molecular formula is C15H17N3O3S. The number of aryl methyl sites for hydroxylation is 1. The lowest BCUT2D eigenvalue weighted by Gasteiger charge is -2.16. The van der Waals surface area contributed by atoms with Crippen molar-refractivity contribution in [3.8, 4) is 0 Å². The zero-order valence-electron chi connectivity index (χ0n) is 12.4. The molecule has 0 aromatic carbocycles. The van der Waals surface area contributed by atoms with Crippen LogP contribution in [0.15, 0.2) is 30.6 Å². The quantitative estimate of drug-likeness (QED) is 0.820. The Balaban J connectivity index is 2.10. The van der Waals surface area contributed by atoms with Crippen LogP contribution in [0.25, 0.3) is 0 Å². The van der Waals surface area contributed by atoms with Gasteiger partial charge in [0.25, 0.3) is 5.91 Å². The van der Waals surface area contributed by atoms with Gasteiger partial charge in [-0.1, -0.05) is 0 Å². The predicted octanol–water partition coefficient (Wildman–Crippen LogP) is 1.75. The molecule has 2 aromatic heterocycles. The van der Waals surface area contributed by atoms with Crippen LogP contribution in [0.1, 0.15) is 27.9 Å². The van der Waals surface area contributed by atoms with Crippen molar-refractivity contribution in [1.82, 2.24) is 14.7 Å². The van der Waals surface area contributed by atoms with Crippen molar-refractivity contribution in [1.29, 1.82) is 0 Å². The van der Waals surface area contributed by atoms with Crippen molar-refractivity contribution in [2.45, 2.75) is 26.3 Å². The molecule has 22 heavy (non-hydrogen) atoms. The van der Waals surface area contributed by atoms with Gasteiger partial charge in [-0.15, -0.1) is 0 Å². The highest BCUT2D eigenvalue weighted by Crippen LogP contribution is 2.09. The summed E-state index contributed by atoms with van der Waals surface area (Å²) in [4.78, 5) is 29.1. The van der Waals surface area contributed by atoms with Gasteiger partial charge in [0.2, 0.25) is 0 Å². The van der Waals surface area contributed by atoms with Crippen LogP contribution in [0, 0.1) is 6.92 Å². The highest BCUT2D eigenvalue weighted by molar-refractivity contribution is 7.05. The lowest BCUT2D eigenvalue weighted by atomic mass is 10.1. The van der Waals surface area contributed by atoms with Gasteiger partial charge < -0.3 is 10.1 Å². The third kappa shape index (κ3) is 4.36. The Morgan fingerprint density at radius 2 is 2.09 bits per heavy atom. The maximum absolute atomic E-state index is 12.2. The molecule has 2 rings (SSSR count). The third-order valence-electron chi connectivity index (χ3n) is 2.93. The first-order valence-electron chi connectivity index (χ1n) is 6.90. The smallest absolute Gasteiger partial charge is 0.328 e. The summed E-state index contributed by atoms with van der Waals surface area (Å²) in [5.41, 5.74) is 1.20. The van der Waals surface area contributed by atoms with Crippen molar-refractivity contribution < 1.29 is 14.3 Å². The Morgan fingerprint density at radius 3 is 2.68 bits per heavy atom. The first kappa shape index (κ1) is 16.1. The van der Waals surface area contributed by atoms with E-state index in [1.165, 1.54) is 11.5 Å². The Hall–Kier alpha value is -2.28. The van der Waals surface area contributed by atoms with Crippen molar-refractivity contribution in [2.24, 2.45) is 0 Å². The number of amides is 1. The van der Waals surface area contributed by atoms with Crippen LogP contribution in [-0.4, -0.2) is 33.9 Å². The number of pyridine rings is 1. The summed E-state index contributed by atoms with van der Waals surface area (Å²) in [6.07, 6.45) is 3.63. The standard InChI is InChI=1S/C15H17N3O3S/c1-3-21-15(20)13(9-11-4-6-16-7-5-11)17-14(19)12-8-10(2)22-18-12/h4-8,13H,3,9H2,1-2H3,(H,17,19)/t13-/m0/s1. The number of carbonyl (C=O) groups excluding carboxylic acids is 2. The maximum atomic E-state index is 12.2. The summed E-state index contributed by atoms with van der Waals surface area (Å²) in [5, 5.41) is 2.69. The van der Waals surface area contributed by atoms with Gasteiger partial charge in [-0.25, -0.2) is 4.79 Å². The second kappa shape index (κ2) is 7.65. The molecule has 0 bridgehead atoms. The van der Waals surface area contributed by atoms with Crippen LogP contribution < -0.4 is 5.32 Å². The molecule has 0 aliphatic heterocycles. The van der Waals surface area contributed by atoms with Gasteiger partial charge in [0, 0.05) is 23.7 Å². The topological polar surface area (TPSA) is 81.2 Å². The number of hydrogen-bond donors (Lipinski definition) is 1. The van der Waals surface area contributed by atoms with Crippen LogP contribution in [0.3, 0.4) is 0 Å². The molecule has 0 aliphatic rings. The summed E-state index contributed by atoms with van der Waals surface area (Å²) in [6, 6.07) is 4.53. The summed E-state index contributed by atoms with van der Waals surface area (Å²) in [5.74, 6) is -0.837. The Bertz CT molecular complexity index is 642. The molecule has 6 nitrogen and oxygen atoms in total. The number of nitrogens with zero attached hydrogens (tertiary/aromatic N) is 2. The minimum absolute atomic E-state index is 0.261. The van der Waals surface area contributed by atoms with E-state index < -0.39 is 12.0 Å². The average molecular weight is 319 g/mol. The van der Waals surface area contributed by atoms with Crippen molar-refractivity contribution in [2.75, 3.05) is 6.61 Å². The summed E-state index contributed by atoms with van der Waals surface area (Å²) in [7, 11) is 0. The molecular weight excluding hydrogens is 302 g/mol. The van der Waals surface area contributed by atoms with Crippen molar-refractivity contribution in [3.63, 3.8) is 0 Å². The minimum Gasteiger partial charge on any atom is -0.464 e. The zero-order chi connectivity index (χ0) is 15.9. The fourth-order valence-electron chi connectivity index (χ4n) is 1.90. The fraction of sp³-hybridized carbons (Fsp3) is 0.333. The van der Waals surface area contributed by atoms with Gasteiger partial charge in [-0.05, 0) is 49.1 Å². The van der Waals surface area contributed by atoms with Crippen LogP contribution in [0.2, 0.25) is 0 Å². The first-order chi connectivity index (χ1) is 10.6. The number of hydrogen-bond acceptors (Lipinski definition) is 6. The van der Waals surface area contributed by atoms with E-state index in [4.69, 9.17) is 4.74 Å². The summed E-state index contributed by atoms with van der Waals surface area (Å²) >= 11 is 1.25. The van der Waals surface area contributed by atoms with E-state index in [1.54, 1.807) is 37.5 Å². The molecule has 0 aliphatic carbocycles. The van der Waals surface area contributed by atoms with E-state index >= 15 is 0 Å². The molecule has 0 unspecified atom stereocenters. The molecule has 0 fully saturated rings. The highest BCUT2D eigenvalue weighted by Gasteiger charge is 2.24. The third-order valence-corrected chi connectivity index (χ3v) is 3.62.